The van der Waals surface area contributed by atoms with E-state index in [4.69, 9.17) is 14.0 Å². The van der Waals surface area contributed by atoms with Gasteiger partial charge in [0, 0.05) is 43.8 Å². The standard InChI is InChI=1S/C19H27N3O5/c1-13-12-16(21-27-13)20-17(23)14-2-4-15(5-3-14)18(24)22-8-6-19(7-9-22)25-10-11-26-19/h12,14-15H,2-11H2,1H3,(H,20,21,23). The van der Waals surface area contributed by atoms with Gasteiger partial charge < -0.3 is 24.2 Å². The minimum atomic E-state index is -0.452. The van der Waals surface area contributed by atoms with Gasteiger partial charge in [-0.3, -0.25) is 9.59 Å². The molecular weight excluding hydrogens is 350 g/mol. The number of aromatic nitrogens is 1. The Balaban J connectivity index is 1.24. The third kappa shape index (κ3) is 4.01. The zero-order chi connectivity index (χ0) is 18.9. The van der Waals surface area contributed by atoms with E-state index in [0.29, 0.717) is 37.9 Å². The van der Waals surface area contributed by atoms with Crippen molar-refractivity contribution in [2.75, 3.05) is 31.6 Å². The lowest BCUT2D eigenvalue weighted by Crippen LogP contribution is -2.49. The van der Waals surface area contributed by atoms with Gasteiger partial charge in [0.1, 0.15) is 5.76 Å². The van der Waals surface area contributed by atoms with Gasteiger partial charge in [-0.2, -0.15) is 0 Å². The number of nitrogens with zero attached hydrogens (tertiary/aromatic N) is 2. The largest absolute Gasteiger partial charge is 0.360 e. The number of nitrogens with one attached hydrogen (secondary N) is 1. The number of aryl methyl sites for hydroxylation is 1. The Morgan fingerprint density at radius 1 is 1.11 bits per heavy atom. The molecule has 148 valence electrons. The van der Waals surface area contributed by atoms with E-state index in [2.05, 4.69) is 10.5 Å². The Bertz CT molecular complexity index is 679. The fraction of sp³-hybridized carbons (Fsp3) is 0.737. The van der Waals surface area contributed by atoms with Gasteiger partial charge in [0.05, 0.1) is 13.2 Å². The van der Waals surface area contributed by atoms with Gasteiger partial charge in [-0.25, -0.2) is 0 Å². The fourth-order valence-corrected chi connectivity index (χ4v) is 4.37. The molecule has 0 aromatic carbocycles. The molecule has 1 aromatic heterocycles. The topological polar surface area (TPSA) is 93.9 Å². The van der Waals surface area contributed by atoms with Gasteiger partial charge in [0.25, 0.3) is 0 Å². The van der Waals surface area contributed by atoms with Crippen LogP contribution in [0.2, 0.25) is 0 Å². The number of carbonyl (C=O) groups is 2. The Hall–Kier alpha value is -1.93. The summed E-state index contributed by atoms with van der Waals surface area (Å²) >= 11 is 0. The predicted octanol–water partition coefficient (Wildman–Crippen LogP) is 2.09. The van der Waals surface area contributed by atoms with Gasteiger partial charge in [-0.1, -0.05) is 5.16 Å². The maximum Gasteiger partial charge on any atom is 0.228 e. The molecular formula is C19H27N3O5. The maximum absolute atomic E-state index is 12.8. The van der Waals surface area contributed by atoms with Crippen LogP contribution in [0.25, 0.3) is 0 Å². The summed E-state index contributed by atoms with van der Waals surface area (Å²) < 4.78 is 16.4. The van der Waals surface area contributed by atoms with Crippen molar-refractivity contribution < 1.29 is 23.6 Å². The highest BCUT2D eigenvalue weighted by atomic mass is 16.7. The molecule has 3 fully saturated rings. The molecule has 27 heavy (non-hydrogen) atoms. The Morgan fingerprint density at radius 3 is 2.33 bits per heavy atom. The van der Waals surface area contributed by atoms with E-state index in [1.807, 2.05) is 4.90 Å². The molecule has 0 atom stereocenters. The lowest BCUT2D eigenvalue weighted by Gasteiger charge is -2.39. The number of amides is 2. The predicted molar refractivity (Wildman–Crippen MR) is 95.8 cm³/mol. The number of hydrogen-bond acceptors (Lipinski definition) is 6. The lowest BCUT2D eigenvalue weighted by molar-refractivity contribution is -0.188. The quantitative estimate of drug-likeness (QED) is 0.867. The highest BCUT2D eigenvalue weighted by Crippen LogP contribution is 2.35. The Labute approximate surface area is 158 Å². The number of likely N-dealkylation sites (tertiary alicyclic amines) is 1. The van der Waals surface area contributed by atoms with Crippen LogP contribution in [-0.2, 0) is 19.1 Å². The van der Waals surface area contributed by atoms with E-state index >= 15 is 0 Å². The average Bonchev–Trinajstić information content (AvgIpc) is 3.31. The highest BCUT2D eigenvalue weighted by molar-refractivity contribution is 5.91. The molecule has 1 N–H and O–H groups in total. The molecule has 4 rings (SSSR count). The van der Waals surface area contributed by atoms with E-state index in [9.17, 15) is 9.59 Å². The first-order valence-corrected chi connectivity index (χ1v) is 9.86. The zero-order valence-corrected chi connectivity index (χ0v) is 15.7. The molecule has 0 radical (unpaired) electrons. The van der Waals surface area contributed by atoms with Crippen LogP contribution in [0.4, 0.5) is 5.82 Å². The average molecular weight is 377 g/mol. The Morgan fingerprint density at radius 2 is 1.74 bits per heavy atom. The van der Waals surface area contributed by atoms with Gasteiger partial charge in [-0.15, -0.1) is 0 Å². The van der Waals surface area contributed by atoms with Crippen molar-refractivity contribution >= 4 is 17.6 Å². The molecule has 8 heteroatoms. The number of ether oxygens (including phenoxy) is 2. The van der Waals surface area contributed by atoms with Crippen LogP contribution >= 0.6 is 0 Å². The van der Waals surface area contributed by atoms with E-state index < -0.39 is 5.79 Å². The molecule has 2 saturated heterocycles. The van der Waals surface area contributed by atoms with E-state index in [0.717, 1.165) is 38.5 Å². The zero-order valence-electron chi connectivity index (χ0n) is 15.7. The fourth-order valence-electron chi connectivity index (χ4n) is 4.37. The number of anilines is 1. The summed E-state index contributed by atoms with van der Waals surface area (Å²) in [4.78, 5) is 27.2. The summed E-state index contributed by atoms with van der Waals surface area (Å²) in [5, 5.41) is 6.60. The van der Waals surface area contributed by atoms with Crippen LogP contribution in [0.3, 0.4) is 0 Å². The van der Waals surface area contributed by atoms with Crippen molar-refractivity contribution in [3.05, 3.63) is 11.8 Å². The van der Waals surface area contributed by atoms with E-state index in [-0.39, 0.29) is 23.7 Å². The molecule has 0 bridgehead atoms. The van der Waals surface area contributed by atoms with Crippen LogP contribution in [0.15, 0.2) is 10.6 Å². The highest BCUT2D eigenvalue weighted by Gasteiger charge is 2.42. The first-order valence-electron chi connectivity index (χ1n) is 9.86. The SMILES string of the molecule is Cc1cc(NC(=O)C2CCC(C(=O)N3CCC4(CC3)OCCO4)CC2)no1. The molecule has 2 amide bonds. The van der Waals surface area contributed by atoms with Crippen molar-refractivity contribution in [3.8, 4) is 0 Å². The minimum Gasteiger partial charge on any atom is -0.360 e. The second-order valence-electron chi connectivity index (χ2n) is 7.79. The molecule has 0 unspecified atom stereocenters. The van der Waals surface area contributed by atoms with Crippen molar-refractivity contribution in [3.63, 3.8) is 0 Å². The number of carbonyl (C=O) groups excluding carboxylic acids is 2. The maximum atomic E-state index is 12.8. The summed E-state index contributed by atoms with van der Waals surface area (Å²) in [6.45, 7) is 4.45. The normalized spacial score (nSPS) is 27.7. The van der Waals surface area contributed by atoms with Crippen LogP contribution in [0.5, 0.6) is 0 Å². The summed E-state index contributed by atoms with van der Waals surface area (Å²) in [7, 11) is 0. The summed E-state index contributed by atoms with van der Waals surface area (Å²) in [6, 6.07) is 1.70. The molecule has 1 aromatic rings. The molecule has 8 nitrogen and oxygen atoms in total. The first-order chi connectivity index (χ1) is 13.0. The van der Waals surface area contributed by atoms with E-state index in [1.165, 1.54) is 0 Å². The second kappa shape index (κ2) is 7.59. The first kappa shape index (κ1) is 18.4. The van der Waals surface area contributed by atoms with E-state index in [1.54, 1.807) is 13.0 Å². The molecule has 1 saturated carbocycles. The van der Waals surface area contributed by atoms with Crippen LogP contribution in [0, 0.1) is 18.8 Å². The van der Waals surface area contributed by atoms with Crippen molar-refractivity contribution in [2.24, 2.45) is 11.8 Å². The van der Waals surface area contributed by atoms with Gasteiger partial charge in [0.15, 0.2) is 11.6 Å². The monoisotopic (exact) mass is 377 g/mol. The smallest absolute Gasteiger partial charge is 0.228 e. The summed E-state index contributed by atoms with van der Waals surface area (Å²) in [5.41, 5.74) is 0. The molecule has 3 heterocycles. The Kier molecular flexibility index (Phi) is 5.19. The van der Waals surface area contributed by atoms with Gasteiger partial charge in [0.2, 0.25) is 11.8 Å². The van der Waals surface area contributed by atoms with Gasteiger partial charge >= 0.3 is 0 Å². The lowest BCUT2D eigenvalue weighted by atomic mass is 9.80. The van der Waals surface area contributed by atoms with Crippen LogP contribution < -0.4 is 5.32 Å². The van der Waals surface area contributed by atoms with Crippen molar-refractivity contribution in [1.29, 1.82) is 0 Å². The number of hydrogen-bond donors (Lipinski definition) is 1. The summed E-state index contributed by atoms with van der Waals surface area (Å²) in [5.74, 6) is 0.786. The molecule has 1 aliphatic carbocycles. The van der Waals surface area contributed by atoms with Crippen LogP contribution in [0.1, 0.15) is 44.3 Å². The summed E-state index contributed by atoms with van der Waals surface area (Å²) in [6.07, 6.45) is 4.44. The minimum absolute atomic E-state index is 0.0165. The van der Waals surface area contributed by atoms with Crippen molar-refractivity contribution in [2.45, 2.75) is 51.2 Å². The number of piperidine rings is 1. The molecule has 3 aliphatic rings. The second-order valence-corrected chi connectivity index (χ2v) is 7.79. The van der Waals surface area contributed by atoms with Crippen LogP contribution in [-0.4, -0.2) is 54.0 Å². The van der Waals surface area contributed by atoms with Gasteiger partial charge in [-0.05, 0) is 32.6 Å². The molecule has 1 spiro atoms. The number of rotatable bonds is 3. The molecule has 2 aliphatic heterocycles. The van der Waals surface area contributed by atoms with Crippen molar-refractivity contribution in [1.82, 2.24) is 10.1 Å². The third-order valence-corrected chi connectivity index (χ3v) is 5.98. The third-order valence-electron chi connectivity index (χ3n) is 5.98.